The summed E-state index contributed by atoms with van der Waals surface area (Å²) in [6.07, 6.45) is 1.99. The van der Waals surface area contributed by atoms with Crippen molar-refractivity contribution in [2.75, 3.05) is 11.4 Å². The van der Waals surface area contributed by atoms with Crippen LogP contribution in [0.3, 0.4) is 0 Å². The Bertz CT molecular complexity index is 559. The maximum Gasteiger partial charge on any atom is 0.149 e. The Morgan fingerprint density at radius 1 is 1.29 bits per heavy atom. The van der Waals surface area contributed by atoms with Gasteiger partial charge in [-0.05, 0) is 50.1 Å². The molecule has 0 saturated carbocycles. The number of nitrogens with zero attached hydrogens (tertiary/aromatic N) is 1. The summed E-state index contributed by atoms with van der Waals surface area (Å²) in [5.41, 5.74) is 6.21. The first-order valence-corrected chi connectivity index (χ1v) is 7.02. The molecule has 2 rings (SSSR count). The summed E-state index contributed by atoms with van der Waals surface area (Å²) in [4.78, 5) is 1.61. The molecule has 0 bridgehead atoms. The van der Waals surface area contributed by atoms with Crippen LogP contribution in [0.5, 0.6) is 0 Å². The highest BCUT2D eigenvalue weighted by Gasteiger charge is 2.18. The number of halogens is 2. The molecule has 1 aromatic heterocycles. The number of furan rings is 1. The highest BCUT2D eigenvalue weighted by molar-refractivity contribution is 5.51. The van der Waals surface area contributed by atoms with Crippen molar-refractivity contribution in [2.45, 2.75) is 32.9 Å². The molecule has 0 aliphatic heterocycles. The van der Waals surface area contributed by atoms with E-state index in [1.54, 1.807) is 30.2 Å². The fourth-order valence-electron chi connectivity index (χ4n) is 2.35. The van der Waals surface area contributed by atoms with Gasteiger partial charge in [0, 0.05) is 12.6 Å². The Morgan fingerprint density at radius 3 is 2.43 bits per heavy atom. The molecule has 2 N–H and O–H groups in total. The lowest BCUT2D eigenvalue weighted by molar-refractivity contribution is 0.496. The molecule has 0 aliphatic carbocycles. The van der Waals surface area contributed by atoms with E-state index in [1.807, 2.05) is 6.92 Å². The zero-order valence-electron chi connectivity index (χ0n) is 12.3. The summed E-state index contributed by atoms with van der Waals surface area (Å²) in [5.74, 6) is -0.478. The third-order valence-corrected chi connectivity index (χ3v) is 3.26. The van der Waals surface area contributed by atoms with Crippen LogP contribution < -0.4 is 10.6 Å². The van der Waals surface area contributed by atoms with Crippen molar-refractivity contribution in [1.82, 2.24) is 0 Å². The Hall–Kier alpha value is -1.88. The molecule has 0 radical (unpaired) electrons. The van der Waals surface area contributed by atoms with E-state index in [4.69, 9.17) is 10.2 Å². The molecule has 0 fully saturated rings. The third-order valence-electron chi connectivity index (χ3n) is 3.26. The second kappa shape index (κ2) is 6.72. The van der Waals surface area contributed by atoms with Crippen molar-refractivity contribution >= 4 is 5.69 Å². The van der Waals surface area contributed by atoms with E-state index in [1.165, 1.54) is 12.1 Å². The molecule has 5 heteroatoms. The SMILES string of the molecule is CCN(Cc1ccco1)c1c(F)cc(CC(C)N)cc1F. The molecule has 0 aliphatic rings. The van der Waals surface area contributed by atoms with Crippen molar-refractivity contribution in [3.8, 4) is 0 Å². The first kappa shape index (κ1) is 15.5. The summed E-state index contributed by atoms with van der Waals surface area (Å²) in [5, 5.41) is 0. The van der Waals surface area contributed by atoms with E-state index < -0.39 is 11.6 Å². The summed E-state index contributed by atoms with van der Waals surface area (Å²) in [6.45, 7) is 4.45. The van der Waals surface area contributed by atoms with Gasteiger partial charge in [0.1, 0.15) is 23.1 Å². The second-order valence-corrected chi connectivity index (χ2v) is 5.18. The minimum atomic E-state index is -0.570. The number of hydrogen-bond donors (Lipinski definition) is 1. The average Bonchev–Trinajstić information content (AvgIpc) is 2.88. The number of anilines is 1. The molecule has 2 aromatic rings. The lowest BCUT2D eigenvalue weighted by Gasteiger charge is -2.23. The maximum absolute atomic E-state index is 14.3. The van der Waals surface area contributed by atoms with Crippen LogP contribution in [0.25, 0.3) is 0 Å². The molecule has 0 saturated heterocycles. The van der Waals surface area contributed by atoms with Crippen molar-refractivity contribution in [2.24, 2.45) is 5.73 Å². The van der Waals surface area contributed by atoms with Crippen LogP contribution in [0.15, 0.2) is 34.9 Å². The molecule has 3 nitrogen and oxygen atoms in total. The first-order valence-electron chi connectivity index (χ1n) is 7.02. The van der Waals surface area contributed by atoms with Gasteiger partial charge in [-0.1, -0.05) is 0 Å². The van der Waals surface area contributed by atoms with Crippen LogP contribution >= 0.6 is 0 Å². The smallest absolute Gasteiger partial charge is 0.149 e. The van der Waals surface area contributed by atoms with Gasteiger partial charge in [-0.15, -0.1) is 0 Å². The fraction of sp³-hybridized carbons (Fsp3) is 0.375. The van der Waals surface area contributed by atoms with Crippen LogP contribution in [0, 0.1) is 11.6 Å². The molecule has 1 aromatic carbocycles. The summed E-state index contributed by atoms with van der Waals surface area (Å²) >= 11 is 0. The number of hydrogen-bond acceptors (Lipinski definition) is 3. The summed E-state index contributed by atoms with van der Waals surface area (Å²) in [7, 11) is 0. The van der Waals surface area contributed by atoms with Crippen LogP contribution in [0.2, 0.25) is 0 Å². The predicted molar refractivity (Wildman–Crippen MR) is 79.1 cm³/mol. The molecule has 21 heavy (non-hydrogen) atoms. The van der Waals surface area contributed by atoms with Crippen LogP contribution in [-0.2, 0) is 13.0 Å². The Labute approximate surface area is 123 Å². The molecule has 0 amide bonds. The van der Waals surface area contributed by atoms with Gasteiger partial charge >= 0.3 is 0 Å². The maximum atomic E-state index is 14.3. The quantitative estimate of drug-likeness (QED) is 0.887. The van der Waals surface area contributed by atoms with Crippen molar-refractivity contribution < 1.29 is 13.2 Å². The van der Waals surface area contributed by atoms with E-state index in [0.717, 1.165) is 0 Å². The highest BCUT2D eigenvalue weighted by atomic mass is 19.1. The van der Waals surface area contributed by atoms with Gasteiger partial charge < -0.3 is 15.1 Å². The van der Waals surface area contributed by atoms with E-state index in [0.29, 0.717) is 30.8 Å². The van der Waals surface area contributed by atoms with Crippen LogP contribution in [0.1, 0.15) is 25.2 Å². The molecular weight excluding hydrogens is 274 g/mol. The van der Waals surface area contributed by atoms with E-state index in [9.17, 15) is 8.78 Å². The Morgan fingerprint density at radius 2 is 1.95 bits per heavy atom. The number of rotatable bonds is 6. The Balaban J connectivity index is 2.28. The first-order chi connectivity index (χ1) is 10.0. The highest BCUT2D eigenvalue weighted by Crippen LogP contribution is 2.27. The summed E-state index contributed by atoms with van der Waals surface area (Å²) < 4.78 is 33.8. The lowest BCUT2D eigenvalue weighted by atomic mass is 10.1. The number of benzene rings is 1. The third kappa shape index (κ3) is 3.82. The monoisotopic (exact) mass is 294 g/mol. The van der Waals surface area contributed by atoms with Gasteiger partial charge in [0.25, 0.3) is 0 Å². The Kier molecular flexibility index (Phi) is 4.96. The molecule has 1 heterocycles. The van der Waals surface area contributed by atoms with Gasteiger partial charge in [0.05, 0.1) is 12.8 Å². The fourth-order valence-corrected chi connectivity index (χ4v) is 2.35. The van der Waals surface area contributed by atoms with Gasteiger partial charge in [0.2, 0.25) is 0 Å². The zero-order chi connectivity index (χ0) is 15.4. The molecular formula is C16H20F2N2O. The summed E-state index contributed by atoms with van der Waals surface area (Å²) in [6, 6.07) is 6.10. The van der Waals surface area contributed by atoms with Gasteiger partial charge in [-0.2, -0.15) is 0 Å². The standard InChI is InChI=1S/C16H20F2N2O/c1-3-20(10-13-5-4-6-21-13)16-14(17)8-12(7-11(2)19)9-15(16)18/h4-6,8-9,11H,3,7,10,19H2,1-2H3. The predicted octanol–water partition coefficient (Wildman–Crippen LogP) is 3.47. The molecule has 0 spiro atoms. The van der Waals surface area contributed by atoms with Crippen molar-refractivity contribution in [3.63, 3.8) is 0 Å². The molecule has 114 valence electrons. The van der Waals surface area contributed by atoms with Crippen LogP contribution in [-0.4, -0.2) is 12.6 Å². The van der Waals surface area contributed by atoms with Gasteiger partial charge in [-0.25, -0.2) is 8.78 Å². The minimum Gasteiger partial charge on any atom is -0.467 e. The zero-order valence-corrected chi connectivity index (χ0v) is 12.3. The van der Waals surface area contributed by atoms with Crippen LogP contribution in [0.4, 0.5) is 14.5 Å². The van der Waals surface area contributed by atoms with Gasteiger partial charge in [0.15, 0.2) is 0 Å². The van der Waals surface area contributed by atoms with Gasteiger partial charge in [-0.3, -0.25) is 0 Å². The van der Waals surface area contributed by atoms with Crippen molar-refractivity contribution in [3.05, 3.63) is 53.5 Å². The second-order valence-electron chi connectivity index (χ2n) is 5.18. The minimum absolute atomic E-state index is 0.0256. The molecule has 1 unspecified atom stereocenters. The van der Waals surface area contributed by atoms with Crippen molar-refractivity contribution in [1.29, 1.82) is 0 Å². The largest absolute Gasteiger partial charge is 0.467 e. The molecule has 1 atom stereocenters. The normalized spacial score (nSPS) is 12.4. The van der Waals surface area contributed by atoms with E-state index in [2.05, 4.69) is 0 Å². The van der Waals surface area contributed by atoms with E-state index >= 15 is 0 Å². The van der Waals surface area contributed by atoms with E-state index in [-0.39, 0.29) is 11.7 Å². The lowest BCUT2D eigenvalue weighted by Crippen LogP contribution is -2.24. The topological polar surface area (TPSA) is 42.4 Å². The number of nitrogens with two attached hydrogens (primary N) is 1. The average molecular weight is 294 g/mol.